The maximum Gasteiger partial charge on any atom is 0.387 e. The van der Waals surface area contributed by atoms with E-state index in [1.807, 2.05) is 0 Å². The van der Waals surface area contributed by atoms with Gasteiger partial charge < -0.3 is 14.4 Å². The molecule has 2 heterocycles. The lowest BCUT2D eigenvalue weighted by Gasteiger charge is -2.12. The minimum Gasteiger partial charge on any atom is -0.477 e. The Labute approximate surface area is 124 Å². The monoisotopic (exact) mass is 314 g/mol. The highest BCUT2D eigenvalue weighted by atomic mass is 19.3. The zero-order chi connectivity index (χ0) is 16.4. The summed E-state index contributed by atoms with van der Waals surface area (Å²) in [5, 5.41) is 9.13. The largest absolute Gasteiger partial charge is 0.477 e. The molecule has 8 heteroatoms. The number of pyridine rings is 1. The minimum atomic E-state index is -3.06. The van der Waals surface area contributed by atoms with E-state index >= 15 is 0 Å². The third-order valence-electron chi connectivity index (χ3n) is 3.25. The first-order valence-corrected chi connectivity index (χ1v) is 6.28. The molecule has 1 N–H and O–H groups in total. The van der Waals surface area contributed by atoms with Gasteiger partial charge in [0.25, 0.3) is 0 Å². The molecule has 0 fully saturated rings. The molecule has 0 spiro atoms. The Morgan fingerprint density at radius 3 is 2.73 bits per heavy atom. The molecule has 22 heavy (non-hydrogen) atoms. The minimum absolute atomic E-state index is 0.00530. The SMILES string of the molecule is Cc1cnc(F)c(C)c1Cn1cc(OC(F)F)cc1C(=O)O. The van der Waals surface area contributed by atoms with Crippen LogP contribution in [0.4, 0.5) is 13.2 Å². The third-order valence-corrected chi connectivity index (χ3v) is 3.25. The van der Waals surface area contributed by atoms with Crippen LogP contribution in [0.5, 0.6) is 5.75 Å². The number of aryl methyl sites for hydroxylation is 1. The molecule has 0 saturated heterocycles. The van der Waals surface area contributed by atoms with Crippen molar-refractivity contribution in [3.05, 3.63) is 46.8 Å². The van der Waals surface area contributed by atoms with E-state index in [2.05, 4.69) is 9.72 Å². The fourth-order valence-electron chi connectivity index (χ4n) is 2.12. The molecular formula is C14H13F3N2O3. The fourth-order valence-corrected chi connectivity index (χ4v) is 2.12. The number of aromatic carboxylic acids is 1. The lowest BCUT2D eigenvalue weighted by molar-refractivity contribution is -0.0498. The van der Waals surface area contributed by atoms with Crippen molar-refractivity contribution in [2.24, 2.45) is 0 Å². The van der Waals surface area contributed by atoms with Crippen LogP contribution in [0, 0.1) is 19.8 Å². The van der Waals surface area contributed by atoms with Gasteiger partial charge in [0.05, 0.1) is 0 Å². The summed E-state index contributed by atoms with van der Waals surface area (Å²) < 4.78 is 43.4. The summed E-state index contributed by atoms with van der Waals surface area (Å²) in [4.78, 5) is 14.8. The number of nitrogens with zero attached hydrogens (tertiary/aromatic N) is 2. The van der Waals surface area contributed by atoms with E-state index in [1.54, 1.807) is 6.92 Å². The maximum atomic E-state index is 13.5. The van der Waals surface area contributed by atoms with Gasteiger partial charge in [-0.2, -0.15) is 13.2 Å². The molecule has 0 aliphatic heterocycles. The van der Waals surface area contributed by atoms with Gasteiger partial charge >= 0.3 is 12.6 Å². The molecule has 0 radical (unpaired) electrons. The number of rotatable bonds is 5. The number of hydrogen-bond acceptors (Lipinski definition) is 3. The lowest BCUT2D eigenvalue weighted by atomic mass is 10.1. The number of hydrogen-bond donors (Lipinski definition) is 1. The molecule has 0 saturated carbocycles. The molecular weight excluding hydrogens is 301 g/mol. The Hall–Kier alpha value is -2.51. The second-order valence-corrected chi connectivity index (χ2v) is 4.71. The Balaban J connectivity index is 2.43. The Morgan fingerprint density at radius 2 is 2.14 bits per heavy atom. The Kier molecular flexibility index (Phi) is 4.39. The van der Waals surface area contributed by atoms with Gasteiger partial charge in [-0.05, 0) is 25.0 Å². The van der Waals surface area contributed by atoms with Crippen molar-refractivity contribution in [2.45, 2.75) is 27.0 Å². The van der Waals surface area contributed by atoms with Crippen molar-refractivity contribution < 1.29 is 27.8 Å². The number of ether oxygens (including phenoxy) is 1. The Morgan fingerprint density at radius 1 is 1.45 bits per heavy atom. The first kappa shape index (κ1) is 15.9. The molecule has 0 unspecified atom stereocenters. The van der Waals surface area contributed by atoms with Gasteiger partial charge in [-0.3, -0.25) is 0 Å². The molecule has 0 aliphatic rings. The zero-order valence-corrected chi connectivity index (χ0v) is 11.8. The van der Waals surface area contributed by atoms with E-state index in [0.29, 0.717) is 11.1 Å². The summed E-state index contributed by atoms with van der Waals surface area (Å²) in [5.41, 5.74) is 1.25. The predicted octanol–water partition coefficient (Wildman–Crippen LogP) is 2.99. The third kappa shape index (κ3) is 3.21. The number of alkyl halides is 2. The highest BCUT2D eigenvalue weighted by Gasteiger charge is 2.18. The molecule has 2 aromatic rings. The second kappa shape index (κ2) is 6.08. The van der Waals surface area contributed by atoms with Crippen molar-refractivity contribution in [3.8, 4) is 5.75 Å². The summed E-state index contributed by atoms with van der Waals surface area (Å²) in [7, 11) is 0. The maximum absolute atomic E-state index is 13.5. The first-order chi connectivity index (χ1) is 10.3. The lowest BCUT2D eigenvalue weighted by Crippen LogP contribution is -2.11. The van der Waals surface area contributed by atoms with Crippen molar-refractivity contribution in [1.82, 2.24) is 9.55 Å². The van der Waals surface area contributed by atoms with Crippen molar-refractivity contribution in [3.63, 3.8) is 0 Å². The van der Waals surface area contributed by atoms with E-state index in [-0.39, 0.29) is 23.6 Å². The molecule has 0 aromatic carbocycles. The summed E-state index contributed by atoms with van der Waals surface area (Å²) in [6.45, 7) is 0.172. The standard InChI is InChI=1S/C14H13F3N2O3/c1-7-4-18-12(15)8(2)10(7)6-19-5-9(22-14(16)17)3-11(19)13(20)21/h3-5,14H,6H2,1-2H3,(H,20,21). The molecule has 0 bridgehead atoms. The van der Waals surface area contributed by atoms with Crippen LogP contribution in [0.3, 0.4) is 0 Å². The van der Waals surface area contributed by atoms with Crippen molar-refractivity contribution in [2.75, 3.05) is 0 Å². The molecule has 0 aliphatic carbocycles. The molecule has 0 amide bonds. The van der Waals surface area contributed by atoms with Gasteiger partial charge in [0.15, 0.2) is 0 Å². The van der Waals surface area contributed by atoms with Crippen LogP contribution in [0.15, 0.2) is 18.5 Å². The summed E-state index contributed by atoms with van der Waals surface area (Å²) in [6.07, 6.45) is 2.48. The van der Waals surface area contributed by atoms with E-state index < -0.39 is 18.5 Å². The van der Waals surface area contributed by atoms with Crippen LogP contribution in [-0.2, 0) is 6.54 Å². The van der Waals surface area contributed by atoms with E-state index in [4.69, 9.17) is 5.11 Å². The zero-order valence-electron chi connectivity index (χ0n) is 11.8. The highest BCUT2D eigenvalue weighted by Crippen LogP contribution is 2.23. The quantitative estimate of drug-likeness (QED) is 0.862. The first-order valence-electron chi connectivity index (χ1n) is 6.28. The van der Waals surface area contributed by atoms with Gasteiger partial charge in [-0.15, -0.1) is 0 Å². The molecule has 0 atom stereocenters. The average Bonchev–Trinajstić information content (AvgIpc) is 2.81. The Bertz CT molecular complexity index is 714. The van der Waals surface area contributed by atoms with Crippen LogP contribution < -0.4 is 4.74 Å². The van der Waals surface area contributed by atoms with Crippen LogP contribution in [0.1, 0.15) is 27.2 Å². The van der Waals surface area contributed by atoms with Crippen LogP contribution >= 0.6 is 0 Å². The second-order valence-electron chi connectivity index (χ2n) is 4.71. The van der Waals surface area contributed by atoms with Gasteiger partial charge in [-0.25, -0.2) is 9.78 Å². The van der Waals surface area contributed by atoms with Gasteiger partial charge in [0, 0.05) is 30.6 Å². The van der Waals surface area contributed by atoms with Crippen LogP contribution in [0.25, 0.3) is 0 Å². The number of carbonyl (C=O) groups is 1. The summed E-state index contributed by atoms with van der Waals surface area (Å²) >= 11 is 0. The normalized spacial score (nSPS) is 11.0. The molecule has 2 rings (SSSR count). The van der Waals surface area contributed by atoms with Crippen LogP contribution in [-0.4, -0.2) is 27.2 Å². The van der Waals surface area contributed by atoms with Crippen LogP contribution in [0.2, 0.25) is 0 Å². The summed E-state index contributed by atoms with van der Waals surface area (Å²) in [5.74, 6) is -2.22. The van der Waals surface area contributed by atoms with E-state index in [9.17, 15) is 18.0 Å². The molecule has 118 valence electrons. The van der Waals surface area contributed by atoms with E-state index in [0.717, 1.165) is 12.3 Å². The van der Waals surface area contributed by atoms with E-state index in [1.165, 1.54) is 17.7 Å². The highest BCUT2D eigenvalue weighted by molar-refractivity contribution is 5.86. The van der Waals surface area contributed by atoms with Crippen molar-refractivity contribution >= 4 is 5.97 Å². The van der Waals surface area contributed by atoms with Gasteiger partial charge in [0.2, 0.25) is 5.95 Å². The summed E-state index contributed by atoms with van der Waals surface area (Å²) in [6, 6.07) is 0.997. The van der Waals surface area contributed by atoms with Gasteiger partial charge in [0.1, 0.15) is 11.4 Å². The predicted molar refractivity (Wildman–Crippen MR) is 70.8 cm³/mol. The number of aromatic nitrogens is 2. The number of carboxylic acids is 1. The molecule has 2 aromatic heterocycles. The average molecular weight is 314 g/mol. The number of halogens is 3. The topological polar surface area (TPSA) is 64.4 Å². The molecule has 5 nitrogen and oxygen atoms in total. The van der Waals surface area contributed by atoms with Gasteiger partial charge in [-0.1, -0.05) is 0 Å². The number of carboxylic acid groups (broad SMARTS) is 1. The smallest absolute Gasteiger partial charge is 0.387 e. The van der Waals surface area contributed by atoms with Crippen molar-refractivity contribution in [1.29, 1.82) is 0 Å². The fraction of sp³-hybridized carbons (Fsp3) is 0.286.